The summed E-state index contributed by atoms with van der Waals surface area (Å²) in [5, 5.41) is 5.30. The first-order valence-electron chi connectivity index (χ1n) is 6.83. The maximum atomic E-state index is 12.4. The molecule has 0 fully saturated rings. The lowest BCUT2D eigenvalue weighted by Crippen LogP contribution is -2.19. The van der Waals surface area contributed by atoms with E-state index in [1.165, 1.54) is 0 Å². The maximum Gasteiger partial charge on any atom is 0.272 e. The minimum absolute atomic E-state index is 0.499. The number of methoxy groups -OCH3 is 1. The van der Waals surface area contributed by atoms with Crippen molar-refractivity contribution in [3.05, 3.63) is 42.0 Å². The van der Waals surface area contributed by atoms with E-state index in [0.29, 0.717) is 25.4 Å². The van der Waals surface area contributed by atoms with Crippen molar-refractivity contribution in [2.24, 2.45) is 0 Å². The molecule has 0 spiro atoms. The second kappa shape index (κ2) is 7.90. The zero-order valence-corrected chi connectivity index (χ0v) is 11.9. The van der Waals surface area contributed by atoms with E-state index in [4.69, 9.17) is 9.47 Å². The molecule has 0 unspecified atom stereocenters. The van der Waals surface area contributed by atoms with Crippen LogP contribution in [0.4, 0.5) is 8.78 Å². The van der Waals surface area contributed by atoms with Gasteiger partial charge >= 0.3 is 0 Å². The molecular formula is C16H19F2NO2. The van der Waals surface area contributed by atoms with Crippen molar-refractivity contribution in [1.29, 1.82) is 0 Å². The van der Waals surface area contributed by atoms with Gasteiger partial charge in [-0.1, -0.05) is 30.3 Å². The van der Waals surface area contributed by atoms with Crippen molar-refractivity contribution in [2.75, 3.05) is 26.9 Å². The molecule has 2 aromatic rings. The van der Waals surface area contributed by atoms with Crippen LogP contribution in [0.25, 0.3) is 10.8 Å². The molecule has 114 valence electrons. The molecule has 0 heterocycles. The van der Waals surface area contributed by atoms with Gasteiger partial charge in [-0.25, -0.2) is 8.78 Å². The second-order valence-corrected chi connectivity index (χ2v) is 4.64. The molecule has 5 heteroatoms. The van der Waals surface area contributed by atoms with Crippen molar-refractivity contribution in [3.63, 3.8) is 0 Å². The number of fused-ring (bicyclic) bond motifs is 1. The monoisotopic (exact) mass is 295 g/mol. The van der Waals surface area contributed by atoms with Crippen LogP contribution in [0, 0.1) is 0 Å². The lowest BCUT2D eigenvalue weighted by atomic mass is 10.0. The maximum absolute atomic E-state index is 12.4. The fourth-order valence-electron chi connectivity index (χ4n) is 2.17. The molecule has 0 saturated heterocycles. The molecule has 2 rings (SSSR count). The zero-order valence-electron chi connectivity index (χ0n) is 11.9. The van der Waals surface area contributed by atoms with Gasteiger partial charge in [-0.15, -0.1) is 0 Å². The minimum Gasteiger partial charge on any atom is -0.487 e. The van der Waals surface area contributed by atoms with Crippen molar-refractivity contribution < 1.29 is 18.3 Å². The Balaban J connectivity index is 2.23. The number of hydrogen-bond donors (Lipinski definition) is 1. The number of alkyl halides is 2. The highest BCUT2D eigenvalue weighted by Gasteiger charge is 2.11. The van der Waals surface area contributed by atoms with Crippen LogP contribution >= 0.6 is 0 Å². The molecular weight excluding hydrogens is 276 g/mol. The first kappa shape index (κ1) is 15.7. The van der Waals surface area contributed by atoms with Gasteiger partial charge in [-0.3, -0.25) is 0 Å². The lowest BCUT2D eigenvalue weighted by molar-refractivity contribution is 0.0814. The first-order valence-corrected chi connectivity index (χ1v) is 6.83. The highest BCUT2D eigenvalue weighted by Crippen LogP contribution is 2.28. The number of halogens is 2. The third kappa shape index (κ3) is 4.37. The van der Waals surface area contributed by atoms with E-state index in [2.05, 4.69) is 5.32 Å². The first-order chi connectivity index (χ1) is 10.2. The molecule has 1 N–H and O–H groups in total. The third-order valence-electron chi connectivity index (χ3n) is 3.15. The third-order valence-corrected chi connectivity index (χ3v) is 3.15. The molecule has 0 amide bonds. The molecule has 0 aliphatic heterocycles. The normalized spacial score (nSPS) is 11.2. The van der Waals surface area contributed by atoms with Gasteiger partial charge in [0.1, 0.15) is 12.4 Å². The number of rotatable bonds is 8. The summed E-state index contributed by atoms with van der Waals surface area (Å²) in [7, 11) is 1.64. The number of benzene rings is 2. The fraction of sp³-hybridized carbons (Fsp3) is 0.375. The summed E-state index contributed by atoms with van der Waals surface area (Å²) in [5.74, 6) is 0.499. The molecule has 21 heavy (non-hydrogen) atoms. The van der Waals surface area contributed by atoms with Crippen LogP contribution < -0.4 is 10.1 Å². The topological polar surface area (TPSA) is 30.5 Å². The predicted octanol–water partition coefficient (Wildman–Crippen LogP) is 3.22. The van der Waals surface area contributed by atoms with Gasteiger partial charge in [0.05, 0.1) is 6.61 Å². The fourth-order valence-corrected chi connectivity index (χ4v) is 2.17. The Morgan fingerprint density at radius 3 is 2.71 bits per heavy atom. The average molecular weight is 295 g/mol. The lowest BCUT2D eigenvalue weighted by Gasteiger charge is -2.15. The van der Waals surface area contributed by atoms with Gasteiger partial charge in [-0.05, 0) is 16.8 Å². The molecule has 0 radical (unpaired) electrons. The van der Waals surface area contributed by atoms with Gasteiger partial charge in [-0.2, -0.15) is 0 Å². The van der Waals surface area contributed by atoms with Crippen molar-refractivity contribution in [2.45, 2.75) is 13.0 Å². The Labute approximate surface area is 122 Å². The van der Waals surface area contributed by atoms with Crippen LogP contribution in [-0.2, 0) is 11.3 Å². The van der Waals surface area contributed by atoms with E-state index in [0.717, 1.165) is 16.3 Å². The van der Waals surface area contributed by atoms with E-state index >= 15 is 0 Å². The Bertz CT molecular complexity index is 575. The summed E-state index contributed by atoms with van der Waals surface area (Å²) in [5.41, 5.74) is 0.893. The number of nitrogens with one attached hydrogen (secondary N) is 1. The largest absolute Gasteiger partial charge is 0.487 e. The van der Waals surface area contributed by atoms with Gasteiger partial charge in [0.25, 0.3) is 6.43 Å². The van der Waals surface area contributed by atoms with Crippen LogP contribution in [0.1, 0.15) is 5.56 Å². The van der Waals surface area contributed by atoms with Gasteiger partial charge in [0.2, 0.25) is 0 Å². The standard InChI is InChI=1S/C16H19F2NO2/c1-20-9-8-19-10-14-13-5-3-2-4-12(13)6-7-15(14)21-11-16(17)18/h2-7,16,19H,8-11H2,1H3. The quantitative estimate of drug-likeness (QED) is 0.759. The number of ether oxygens (including phenoxy) is 2. The van der Waals surface area contributed by atoms with E-state index < -0.39 is 13.0 Å². The average Bonchev–Trinajstić information content (AvgIpc) is 2.50. The summed E-state index contributed by atoms with van der Waals surface area (Å²) in [6.07, 6.45) is -2.48. The highest BCUT2D eigenvalue weighted by molar-refractivity contribution is 5.87. The SMILES string of the molecule is COCCNCc1c(OCC(F)F)ccc2ccccc12. The van der Waals surface area contributed by atoms with Gasteiger partial charge < -0.3 is 14.8 Å². The van der Waals surface area contributed by atoms with E-state index in [-0.39, 0.29) is 0 Å². The smallest absolute Gasteiger partial charge is 0.272 e. The molecule has 0 aliphatic carbocycles. The molecule has 0 bridgehead atoms. The molecule has 0 aliphatic rings. The van der Waals surface area contributed by atoms with Gasteiger partial charge in [0.15, 0.2) is 0 Å². The Kier molecular flexibility index (Phi) is 5.90. The van der Waals surface area contributed by atoms with Crippen LogP contribution in [-0.4, -0.2) is 33.3 Å². The summed E-state index contributed by atoms with van der Waals surface area (Å²) in [6, 6.07) is 11.5. The zero-order chi connectivity index (χ0) is 15.1. The van der Waals surface area contributed by atoms with Crippen molar-refractivity contribution >= 4 is 10.8 Å². The highest BCUT2D eigenvalue weighted by atomic mass is 19.3. The summed E-state index contributed by atoms with van der Waals surface area (Å²) in [6.45, 7) is 1.23. The predicted molar refractivity (Wildman–Crippen MR) is 79.0 cm³/mol. The van der Waals surface area contributed by atoms with Gasteiger partial charge in [0, 0.05) is 25.8 Å². The minimum atomic E-state index is -2.48. The molecule has 2 aromatic carbocycles. The van der Waals surface area contributed by atoms with Crippen molar-refractivity contribution in [3.8, 4) is 5.75 Å². The van der Waals surface area contributed by atoms with Crippen LogP contribution in [0.2, 0.25) is 0 Å². The van der Waals surface area contributed by atoms with Crippen LogP contribution in [0.15, 0.2) is 36.4 Å². The Morgan fingerprint density at radius 1 is 1.14 bits per heavy atom. The van der Waals surface area contributed by atoms with Crippen LogP contribution in [0.5, 0.6) is 5.75 Å². The summed E-state index contributed by atoms with van der Waals surface area (Å²) in [4.78, 5) is 0. The van der Waals surface area contributed by atoms with Crippen LogP contribution in [0.3, 0.4) is 0 Å². The van der Waals surface area contributed by atoms with E-state index in [9.17, 15) is 8.78 Å². The van der Waals surface area contributed by atoms with E-state index in [1.807, 2.05) is 30.3 Å². The summed E-state index contributed by atoms with van der Waals surface area (Å²) >= 11 is 0. The second-order valence-electron chi connectivity index (χ2n) is 4.64. The summed E-state index contributed by atoms with van der Waals surface area (Å²) < 4.78 is 34.9. The molecule has 0 atom stereocenters. The Hall–Kier alpha value is -1.72. The Morgan fingerprint density at radius 2 is 1.95 bits per heavy atom. The van der Waals surface area contributed by atoms with Crippen molar-refractivity contribution in [1.82, 2.24) is 5.32 Å². The molecule has 0 saturated carbocycles. The molecule has 3 nitrogen and oxygen atoms in total. The molecule has 0 aromatic heterocycles. The van der Waals surface area contributed by atoms with E-state index in [1.54, 1.807) is 13.2 Å². The number of hydrogen-bond acceptors (Lipinski definition) is 3.